The van der Waals surface area contributed by atoms with Gasteiger partial charge >= 0.3 is 0 Å². The Labute approximate surface area is 112 Å². The standard InChI is InChI=1S/C15H30N2O/c1-12(16)8-7-11-15(18)17-13(2)14-9-5-3-4-6-10-14/h12-14H,3-11,16H2,1-2H3,(H,17,18)/t12?,13-/m1/s1. The van der Waals surface area contributed by atoms with Crippen LogP contribution in [0, 0.1) is 5.92 Å². The highest BCUT2D eigenvalue weighted by Gasteiger charge is 2.20. The average molecular weight is 254 g/mol. The van der Waals surface area contributed by atoms with Crippen LogP contribution in [0.3, 0.4) is 0 Å². The molecule has 1 fully saturated rings. The summed E-state index contributed by atoms with van der Waals surface area (Å²) in [5.74, 6) is 0.886. The maximum atomic E-state index is 11.8. The largest absolute Gasteiger partial charge is 0.353 e. The lowest BCUT2D eigenvalue weighted by Gasteiger charge is -2.23. The summed E-state index contributed by atoms with van der Waals surface area (Å²) in [5.41, 5.74) is 5.68. The lowest BCUT2D eigenvalue weighted by molar-refractivity contribution is -0.122. The van der Waals surface area contributed by atoms with Gasteiger partial charge in [0.05, 0.1) is 0 Å². The third-order valence-corrected chi connectivity index (χ3v) is 4.06. The normalized spacial score (nSPS) is 21.1. The van der Waals surface area contributed by atoms with Crippen molar-refractivity contribution in [2.24, 2.45) is 11.7 Å². The fraction of sp³-hybridized carbons (Fsp3) is 0.933. The number of nitrogens with two attached hydrogens (primary N) is 1. The summed E-state index contributed by atoms with van der Waals surface area (Å²) in [4.78, 5) is 11.8. The Hall–Kier alpha value is -0.570. The summed E-state index contributed by atoms with van der Waals surface area (Å²) in [6.45, 7) is 4.16. The third-order valence-electron chi connectivity index (χ3n) is 4.06. The molecule has 3 nitrogen and oxygen atoms in total. The molecular formula is C15H30N2O. The minimum Gasteiger partial charge on any atom is -0.353 e. The van der Waals surface area contributed by atoms with Crippen molar-refractivity contribution in [3.8, 4) is 0 Å². The van der Waals surface area contributed by atoms with E-state index >= 15 is 0 Å². The van der Waals surface area contributed by atoms with Crippen molar-refractivity contribution in [2.45, 2.75) is 83.7 Å². The molecule has 1 aliphatic rings. The highest BCUT2D eigenvalue weighted by Crippen LogP contribution is 2.25. The first-order chi connectivity index (χ1) is 8.59. The van der Waals surface area contributed by atoms with Crippen molar-refractivity contribution in [3.05, 3.63) is 0 Å². The van der Waals surface area contributed by atoms with Crippen molar-refractivity contribution in [3.63, 3.8) is 0 Å². The maximum absolute atomic E-state index is 11.8. The fourth-order valence-electron chi connectivity index (χ4n) is 2.84. The van der Waals surface area contributed by atoms with Crippen molar-refractivity contribution in [1.29, 1.82) is 0 Å². The van der Waals surface area contributed by atoms with Gasteiger partial charge in [-0.25, -0.2) is 0 Å². The van der Waals surface area contributed by atoms with Gasteiger partial charge in [-0.1, -0.05) is 25.7 Å². The van der Waals surface area contributed by atoms with Gasteiger partial charge in [0.15, 0.2) is 0 Å². The molecule has 0 aromatic carbocycles. The Morgan fingerprint density at radius 2 is 1.83 bits per heavy atom. The van der Waals surface area contributed by atoms with Crippen LogP contribution in [0.5, 0.6) is 0 Å². The van der Waals surface area contributed by atoms with E-state index in [1.165, 1.54) is 38.5 Å². The first kappa shape index (κ1) is 15.5. The molecule has 0 radical (unpaired) electrons. The van der Waals surface area contributed by atoms with Crippen molar-refractivity contribution in [2.75, 3.05) is 0 Å². The van der Waals surface area contributed by atoms with Crippen LogP contribution in [0.4, 0.5) is 0 Å². The smallest absolute Gasteiger partial charge is 0.220 e. The number of nitrogens with one attached hydrogen (secondary N) is 1. The van der Waals surface area contributed by atoms with Crippen LogP contribution >= 0.6 is 0 Å². The highest BCUT2D eigenvalue weighted by atomic mass is 16.1. The second-order valence-electron chi connectivity index (χ2n) is 5.98. The maximum Gasteiger partial charge on any atom is 0.220 e. The lowest BCUT2D eigenvalue weighted by Crippen LogP contribution is -2.38. The van der Waals surface area contributed by atoms with Crippen LogP contribution in [0.1, 0.15) is 71.6 Å². The molecule has 0 aliphatic heterocycles. The summed E-state index contributed by atoms with van der Waals surface area (Å²) < 4.78 is 0. The van der Waals surface area contributed by atoms with Gasteiger partial charge in [0.2, 0.25) is 5.91 Å². The van der Waals surface area contributed by atoms with E-state index in [-0.39, 0.29) is 11.9 Å². The Morgan fingerprint density at radius 3 is 2.39 bits per heavy atom. The summed E-state index contributed by atoms with van der Waals surface area (Å²) >= 11 is 0. The zero-order chi connectivity index (χ0) is 13.4. The first-order valence-electron chi connectivity index (χ1n) is 7.64. The minimum absolute atomic E-state index is 0.201. The zero-order valence-corrected chi connectivity index (χ0v) is 12.1. The van der Waals surface area contributed by atoms with E-state index in [4.69, 9.17) is 5.73 Å². The van der Waals surface area contributed by atoms with Gasteiger partial charge in [0, 0.05) is 18.5 Å². The Kier molecular flexibility index (Phi) is 7.33. The van der Waals surface area contributed by atoms with Crippen LogP contribution in [0.25, 0.3) is 0 Å². The molecule has 0 bridgehead atoms. The number of carbonyl (C=O) groups excluding carboxylic acids is 1. The molecule has 1 aliphatic carbocycles. The molecule has 3 N–H and O–H groups in total. The van der Waals surface area contributed by atoms with Crippen LogP contribution < -0.4 is 11.1 Å². The summed E-state index contributed by atoms with van der Waals surface area (Å²) in [6, 6.07) is 0.544. The molecule has 1 unspecified atom stereocenters. The Balaban J connectivity index is 2.20. The number of hydrogen-bond donors (Lipinski definition) is 2. The van der Waals surface area contributed by atoms with Gasteiger partial charge in [0.1, 0.15) is 0 Å². The summed E-state index contributed by atoms with van der Waals surface area (Å²) in [7, 11) is 0. The summed E-state index contributed by atoms with van der Waals surface area (Å²) in [5, 5.41) is 3.17. The Bertz CT molecular complexity index is 233. The summed E-state index contributed by atoms with van der Waals surface area (Å²) in [6.07, 6.45) is 10.4. The van der Waals surface area contributed by atoms with Crippen LogP contribution in [-0.4, -0.2) is 18.0 Å². The number of rotatable bonds is 6. The molecule has 0 aromatic heterocycles. The predicted octanol–water partition coefficient (Wildman–Crippen LogP) is 2.98. The van der Waals surface area contributed by atoms with Gasteiger partial charge in [-0.2, -0.15) is 0 Å². The van der Waals surface area contributed by atoms with Gasteiger partial charge in [-0.05, 0) is 45.4 Å². The SMILES string of the molecule is CC(N)CCCC(=O)N[C@H](C)C1CCCCCC1. The molecule has 1 rings (SSSR count). The van der Waals surface area contributed by atoms with E-state index in [2.05, 4.69) is 12.2 Å². The molecule has 2 atom stereocenters. The van der Waals surface area contributed by atoms with E-state index in [1.807, 2.05) is 6.92 Å². The molecule has 1 amide bonds. The van der Waals surface area contributed by atoms with Crippen LogP contribution in [0.2, 0.25) is 0 Å². The molecule has 3 heteroatoms. The quantitative estimate of drug-likeness (QED) is 0.716. The van der Waals surface area contributed by atoms with Gasteiger partial charge in [-0.3, -0.25) is 4.79 Å². The molecule has 1 saturated carbocycles. The Morgan fingerprint density at radius 1 is 1.22 bits per heavy atom. The van der Waals surface area contributed by atoms with E-state index in [1.54, 1.807) is 0 Å². The fourth-order valence-corrected chi connectivity index (χ4v) is 2.84. The van der Waals surface area contributed by atoms with Crippen LogP contribution in [-0.2, 0) is 4.79 Å². The molecule has 0 heterocycles. The van der Waals surface area contributed by atoms with Gasteiger partial charge < -0.3 is 11.1 Å². The second kappa shape index (κ2) is 8.52. The third kappa shape index (κ3) is 6.39. The topological polar surface area (TPSA) is 55.1 Å². The molecule has 0 spiro atoms. The van der Waals surface area contributed by atoms with E-state index < -0.39 is 0 Å². The van der Waals surface area contributed by atoms with Crippen molar-refractivity contribution < 1.29 is 4.79 Å². The highest BCUT2D eigenvalue weighted by molar-refractivity contribution is 5.76. The predicted molar refractivity (Wildman–Crippen MR) is 76.3 cm³/mol. The van der Waals surface area contributed by atoms with E-state index in [9.17, 15) is 4.79 Å². The second-order valence-corrected chi connectivity index (χ2v) is 5.98. The molecule has 106 valence electrons. The first-order valence-corrected chi connectivity index (χ1v) is 7.64. The minimum atomic E-state index is 0.201. The number of carbonyl (C=O) groups is 1. The van der Waals surface area contributed by atoms with Gasteiger partial charge in [-0.15, -0.1) is 0 Å². The van der Waals surface area contributed by atoms with Gasteiger partial charge in [0.25, 0.3) is 0 Å². The van der Waals surface area contributed by atoms with Crippen LogP contribution in [0.15, 0.2) is 0 Å². The zero-order valence-electron chi connectivity index (χ0n) is 12.1. The lowest BCUT2D eigenvalue weighted by atomic mass is 9.93. The number of amides is 1. The molecule has 0 aromatic rings. The molecule has 18 heavy (non-hydrogen) atoms. The van der Waals surface area contributed by atoms with E-state index in [0.717, 1.165) is 12.8 Å². The van der Waals surface area contributed by atoms with E-state index in [0.29, 0.717) is 18.4 Å². The molecule has 0 saturated heterocycles. The molecular weight excluding hydrogens is 224 g/mol. The average Bonchev–Trinajstić information content (AvgIpc) is 2.56. The van der Waals surface area contributed by atoms with Crippen molar-refractivity contribution in [1.82, 2.24) is 5.32 Å². The monoisotopic (exact) mass is 254 g/mol. The van der Waals surface area contributed by atoms with Crippen molar-refractivity contribution >= 4 is 5.91 Å². The number of hydrogen-bond acceptors (Lipinski definition) is 2.